The fourth-order valence-electron chi connectivity index (χ4n) is 19.3. The molecule has 3 heterocycles. The monoisotopic (exact) mass is 1690 g/mol. The largest absolute Gasteiger partial charge is 0.456 e. The van der Waals surface area contributed by atoms with Gasteiger partial charge in [-0.05, 0) is 252 Å². The molecule has 0 amide bonds. The summed E-state index contributed by atoms with van der Waals surface area (Å²) in [7, 11) is 0. The zero-order valence-electron chi connectivity index (χ0n) is 92.4. The average Bonchev–Trinajstić information content (AvgIpc) is 1.67. The van der Waals surface area contributed by atoms with E-state index >= 15 is 0 Å². The molecule has 0 aliphatic rings. The van der Waals surface area contributed by atoms with Gasteiger partial charge in [0.05, 0.1) is 32.9 Å². The standard InChI is InChI=1S/C42H26O.2C42H26S/c1-2-11-27(12-3-1)28-21-22-30-26-31(24-23-29(30)25-28)40-32-13-4-6-15-34(32)41(35-16-7-5-14-33(35)40)37-18-10-20-39-42(37)36-17-8-9-19-38(36)43-39;1-2-11-30-26-31(25-20-27(30)10-1)41-35-14-5-3-12-33(35)40(34-13-4-6-15-36(34)41)29-23-21-28(22-24-29)32-17-9-19-39-42(32)37-16-7-8-18-38(37)43-39;1-2-13-27(14-3-1)28-25-26-35(30-16-5-4-15-29(28)30)40-31-17-6-8-19-33(31)41(34-20-9-7-18-32(34)40)37-22-12-24-39-42(37)36-21-10-11-23-38(36)43-39/h3*1-26H/i4D,5D,6D,7D,13D,14D,15D,16D;3D,4D,5D,6D,12D,13D,14D,15D;6D,7D,8D,9D,17D,18D,19D,20D. The molecule has 0 saturated heterocycles. The zero-order valence-corrected chi connectivity index (χ0v) is 70.0. The molecule has 0 unspecified atom stereocenters. The second kappa shape index (κ2) is 31.5. The van der Waals surface area contributed by atoms with Crippen LogP contribution >= 0.6 is 22.7 Å². The Bertz CT molecular complexity index is 10500. The topological polar surface area (TPSA) is 13.1 Å². The molecular formula is C126H78OS2. The summed E-state index contributed by atoms with van der Waals surface area (Å²) in [5, 5.41) is 13.4. The highest BCUT2D eigenvalue weighted by atomic mass is 32.1. The van der Waals surface area contributed by atoms with E-state index in [0.29, 0.717) is 83.3 Å². The number of rotatable bonds is 9. The van der Waals surface area contributed by atoms with Crippen LogP contribution in [-0.2, 0) is 0 Å². The van der Waals surface area contributed by atoms with E-state index in [1.165, 1.54) is 14.8 Å². The van der Waals surface area contributed by atoms with Gasteiger partial charge < -0.3 is 4.42 Å². The second-order valence-electron chi connectivity index (χ2n) is 31.9. The predicted octanol–water partition coefficient (Wildman–Crippen LogP) is 37.1. The lowest BCUT2D eigenvalue weighted by atomic mass is 9.83. The highest BCUT2D eigenvalue weighted by molar-refractivity contribution is 7.26. The minimum absolute atomic E-state index is 0.172. The van der Waals surface area contributed by atoms with Crippen LogP contribution in [0.2, 0.25) is 0 Å². The summed E-state index contributed by atoms with van der Waals surface area (Å²) >= 11 is 3.35. The van der Waals surface area contributed by atoms with E-state index in [-0.39, 0.29) is 137 Å². The minimum atomic E-state index is -0.434. The lowest BCUT2D eigenvalue weighted by Gasteiger charge is -2.20. The van der Waals surface area contributed by atoms with Crippen molar-refractivity contribution >= 4 is 182 Å². The summed E-state index contributed by atoms with van der Waals surface area (Å²) in [6.45, 7) is 0. The quantitative estimate of drug-likeness (QED) is 0.131. The highest BCUT2D eigenvalue weighted by Gasteiger charge is 2.26. The van der Waals surface area contributed by atoms with Gasteiger partial charge in [-0.2, -0.15) is 0 Å². The fraction of sp³-hybridized carbons (Fsp3) is 0. The van der Waals surface area contributed by atoms with Crippen molar-refractivity contribution < 1.29 is 37.3 Å². The van der Waals surface area contributed by atoms with E-state index in [1.807, 2.05) is 291 Å². The van der Waals surface area contributed by atoms with Gasteiger partial charge in [-0.3, -0.25) is 0 Å². The Morgan fingerprint density at radius 2 is 0.473 bits per heavy atom. The molecule has 0 saturated carbocycles. The van der Waals surface area contributed by atoms with Crippen molar-refractivity contribution in [1.82, 2.24) is 0 Å². The third-order valence-electron chi connectivity index (χ3n) is 24.9. The van der Waals surface area contributed by atoms with Crippen LogP contribution in [0.15, 0.2) is 477 Å². The van der Waals surface area contributed by atoms with Crippen LogP contribution in [-0.4, -0.2) is 0 Å². The van der Waals surface area contributed by atoms with Gasteiger partial charge in [0.25, 0.3) is 0 Å². The first kappa shape index (κ1) is 54.6. The molecule has 27 aromatic rings. The second-order valence-corrected chi connectivity index (χ2v) is 34.1. The smallest absolute Gasteiger partial charge is 0.136 e. The molecular weight excluding hydrogens is 1590 g/mol. The van der Waals surface area contributed by atoms with Gasteiger partial charge in [-0.1, -0.05) is 418 Å². The number of para-hydroxylation sites is 1. The van der Waals surface area contributed by atoms with E-state index in [1.54, 1.807) is 28.7 Å². The molecule has 0 aliphatic carbocycles. The molecule has 27 rings (SSSR count). The molecule has 0 atom stereocenters. The van der Waals surface area contributed by atoms with Crippen molar-refractivity contribution in [1.29, 1.82) is 0 Å². The van der Waals surface area contributed by atoms with Crippen molar-refractivity contribution in [3.63, 3.8) is 0 Å². The number of hydrogen-bond acceptors (Lipinski definition) is 3. The van der Waals surface area contributed by atoms with Gasteiger partial charge in [-0.25, -0.2) is 0 Å². The Morgan fingerprint density at radius 1 is 0.163 bits per heavy atom. The summed E-state index contributed by atoms with van der Waals surface area (Å²) in [5.74, 6) is 0. The Kier molecular flexibility index (Phi) is 13.3. The molecule has 0 spiro atoms. The van der Waals surface area contributed by atoms with Crippen molar-refractivity contribution in [2.75, 3.05) is 0 Å². The van der Waals surface area contributed by atoms with Crippen molar-refractivity contribution in [2.45, 2.75) is 0 Å². The van der Waals surface area contributed by atoms with E-state index in [4.69, 9.17) is 20.9 Å². The fourth-order valence-corrected chi connectivity index (χ4v) is 21.6. The third-order valence-corrected chi connectivity index (χ3v) is 27.2. The summed E-state index contributed by atoms with van der Waals surface area (Å²) in [6.07, 6.45) is 0. The molecule has 0 radical (unpaired) electrons. The van der Waals surface area contributed by atoms with E-state index in [9.17, 15) is 16.4 Å². The van der Waals surface area contributed by atoms with Gasteiger partial charge >= 0.3 is 0 Å². The molecule has 3 aromatic heterocycles. The van der Waals surface area contributed by atoms with Crippen molar-refractivity contribution in [3.05, 3.63) is 473 Å². The molecule has 129 heavy (non-hydrogen) atoms. The van der Waals surface area contributed by atoms with Crippen LogP contribution in [0.4, 0.5) is 0 Å². The van der Waals surface area contributed by atoms with Crippen LogP contribution in [0.5, 0.6) is 0 Å². The van der Waals surface area contributed by atoms with Gasteiger partial charge in [0.2, 0.25) is 0 Å². The molecule has 0 bridgehead atoms. The van der Waals surface area contributed by atoms with E-state index < -0.39 is 72.5 Å². The first-order valence-electron chi connectivity index (χ1n) is 54.4. The SMILES string of the molecule is [2H]c1c([2H])c([2H])c2c(-c3ccc4ccccc4c3)c3c([2H])c([2H])c([2H])c([2H])c3c(-c3ccc(-c4cccc5sc6ccccc6c45)cc3)c2c1[2H].[2H]c1c([2H])c([2H])c2c(-c3cccc4oc5ccccc5c34)c3c([2H])c([2H])c([2H])c([2H])c3c(-c3ccc4cc(-c5ccccc5)ccc4c3)c2c1[2H].[2H]c1c([2H])c([2H])c2c(-c3cccc4sc5ccccc5c34)c3c([2H])c([2H])c([2H])c([2H])c3c(-c3ccc(-c4ccccc4)c4ccccc34)c2c1[2H]. The predicted molar refractivity (Wildman–Crippen MR) is 559 cm³/mol. The number of fused-ring (bicyclic) bond motifs is 18. The molecule has 600 valence electrons. The summed E-state index contributed by atoms with van der Waals surface area (Å²) in [4.78, 5) is 0. The Hall–Kier alpha value is -16.1. The third kappa shape index (κ3) is 12.8. The lowest BCUT2D eigenvalue weighted by Crippen LogP contribution is -1.92. The number of furan rings is 1. The maximum Gasteiger partial charge on any atom is 0.136 e. The number of benzene rings is 24. The van der Waals surface area contributed by atoms with Crippen LogP contribution in [0.25, 0.3) is 259 Å². The normalized spacial score (nSPS) is 14.3. The molecule has 0 N–H and O–H groups in total. The van der Waals surface area contributed by atoms with Crippen molar-refractivity contribution in [3.8, 4) is 100 Å². The Labute approximate surface area is 787 Å². The highest BCUT2D eigenvalue weighted by Crippen LogP contribution is 2.53. The number of thiophene rings is 2. The van der Waals surface area contributed by atoms with Gasteiger partial charge in [0.1, 0.15) is 11.2 Å². The molecule has 3 heteroatoms. The van der Waals surface area contributed by atoms with Crippen molar-refractivity contribution in [2.24, 2.45) is 0 Å². The summed E-state index contributed by atoms with van der Waals surface area (Å²) in [5.41, 5.74) is 12.8. The summed E-state index contributed by atoms with van der Waals surface area (Å²) < 4.78 is 228. The van der Waals surface area contributed by atoms with Crippen LogP contribution in [0.3, 0.4) is 0 Å². The molecule has 0 fully saturated rings. The van der Waals surface area contributed by atoms with Crippen LogP contribution < -0.4 is 0 Å². The maximum absolute atomic E-state index is 9.44. The Morgan fingerprint density at radius 3 is 0.984 bits per heavy atom. The molecule has 0 aliphatic heterocycles. The summed E-state index contributed by atoms with van der Waals surface area (Å²) in [6, 6.07) is 97.6. The van der Waals surface area contributed by atoms with Gasteiger partial charge in [-0.15, -0.1) is 22.7 Å². The van der Waals surface area contributed by atoms with Gasteiger partial charge in [0, 0.05) is 51.1 Å². The number of hydrogen-bond donors (Lipinski definition) is 0. The first-order valence-corrected chi connectivity index (χ1v) is 44.0. The van der Waals surface area contributed by atoms with E-state index in [2.05, 4.69) is 30.3 Å². The van der Waals surface area contributed by atoms with Crippen LogP contribution in [0, 0.1) is 0 Å². The van der Waals surface area contributed by atoms with E-state index in [0.717, 1.165) is 96.6 Å². The lowest BCUT2D eigenvalue weighted by molar-refractivity contribution is 0.669. The minimum Gasteiger partial charge on any atom is -0.456 e. The van der Waals surface area contributed by atoms with Crippen LogP contribution in [0.1, 0.15) is 32.9 Å². The Balaban J connectivity index is 0.000000118. The molecule has 24 aromatic carbocycles. The maximum atomic E-state index is 9.44. The first-order chi connectivity index (χ1) is 74.0. The van der Waals surface area contributed by atoms with Gasteiger partial charge in [0.15, 0.2) is 0 Å². The molecule has 1 nitrogen and oxygen atoms in total. The average molecular weight is 1700 g/mol. The zero-order chi connectivity index (χ0) is 106.